The molecule has 0 atom stereocenters. The largest absolute Gasteiger partial charge is 0.322 e. The van der Waals surface area contributed by atoms with Gasteiger partial charge < -0.3 is 10.6 Å². The Morgan fingerprint density at radius 1 is 0.893 bits per heavy atom. The number of hydrogen-bond donors (Lipinski definition) is 2. The summed E-state index contributed by atoms with van der Waals surface area (Å²) in [4.78, 5) is 28.8. The van der Waals surface area contributed by atoms with Gasteiger partial charge in [0.25, 0.3) is 11.8 Å². The lowest BCUT2D eigenvalue weighted by Crippen LogP contribution is -2.17. The molecule has 2 aromatic carbocycles. The van der Waals surface area contributed by atoms with Crippen molar-refractivity contribution in [2.24, 2.45) is 0 Å². The SMILES string of the molecule is CC(C)c1ccc(NC(=O)c2ccnc(C(=O)Nc3cccc(F)c3)c2)cc1. The van der Waals surface area contributed by atoms with Crippen LogP contribution in [0, 0.1) is 5.82 Å². The van der Waals surface area contributed by atoms with Crippen molar-refractivity contribution in [3.63, 3.8) is 0 Å². The van der Waals surface area contributed by atoms with Crippen LogP contribution in [0.1, 0.15) is 46.2 Å². The van der Waals surface area contributed by atoms with Crippen molar-refractivity contribution in [1.29, 1.82) is 0 Å². The van der Waals surface area contributed by atoms with E-state index in [1.807, 2.05) is 24.3 Å². The summed E-state index contributed by atoms with van der Waals surface area (Å²) < 4.78 is 13.2. The zero-order valence-corrected chi connectivity index (χ0v) is 15.6. The highest BCUT2D eigenvalue weighted by Crippen LogP contribution is 2.18. The molecule has 0 aliphatic carbocycles. The van der Waals surface area contributed by atoms with Gasteiger partial charge in [0.05, 0.1) is 0 Å². The van der Waals surface area contributed by atoms with Gasteiger partial charge in [-0.25, -0.2) is 4.39 Å². The van der Waals surface area contributed by atoms with Gasteiger partial charge in [-0.1, -0.05) is 32.0 Å². The van der Waals surface area contributed by atoms with Crippen LogP contribution < -0.4 is 10.6 Å². The number of carbonyl (C=O) groups excluding carboxylic acids is 2. The minimum Gasteiger partial charge on any atom is -0.322 e. The van der Waals surface area contributed by atoms with E-state index in [0.717, 1.165) is 0 Å². The van der Waals surface area contributed by atoms with Crippen molar-refractivity contribution in [2.75, 3.05) is 10.6 Å². The van der Waals surface area contributed by atoms with Gasteiger partial charge in [0.15, 0.2) is 0 Å². The zero-order chi connectivity index (χ0) is 20.1. The monoisotopic (exact) mass is 377 g/mol. The van der Waals surface area contributed by atoms with E-state index >= 15 is 0 Å². The Hall–Kier alpha value is -3.54. The molecule has 2 N–H and O–H groups in total. The summed E-state index contributed by atoms with van der Waals surface area (Å²) in [6, 6.07) is 16.1. The fraction of sp³-hybridized carbons (Fsp3) is 0.136. The first-order chi connectivity index (χ1) is 13.4. The van der Waals surface area contributed by atoms with E-state index in [4.69, 9.17) is 0 Å². The fourth-order valence-electron chi connectivity index (χ4n) is 2.61. The molecular formula is C22H20FN3O2. The molecule has 0 aliphatic heterocycles. The van der Waals surface area contributed by atoms with E-state index in [0.29, 0.717) is 22.9 Å². The summed E-state index contributed by atoms with van der Waals surface area (Å²) >= 11 is 0. The maximum Gasteiger partial charge on any atom is 0.274 e. The van der Waals surface area contributed by atoms with Crippen molar-refractivity contribution < 1.29 is 14.0 Å². The van der Waals surface area contributed by atoms with Crippen molar-refractivity contribution >= 4 is 23.2 Å². The van der Waals surface area contributed by atoms with Gasteiger partial charge in [-0.05, 0) is 53.9 Å². The molecule has 0 unspecified atom stereocenters. The third-order valence-corrected chi connectivity index (χ3v) is 4.17. The summed E-state index contributed by atoms with van der Waals surface area (Å²) in [5.41, 5.74) is 2.52. The molecule has 5 nitrogen and oxygen atoms in total. The summed E-state index contributed by atoms with van der Waals surface area (Å²) in [6.45, 7) is 4.20. The Balaban J connectivity index is 1.71. The van der Waals surface area contributed by atoms with Crippen LogP contribution in [0.2, 0.25) is 0 Å². The first-order valence-corrected chi connectivity index (χ1v) is 8.86. The van der Waals surface area contributed by atoms with E-state index in [9.17, 15) is 14.0 Å². The molecule has 0 saturated carbocycles. The van der Waals surface area contributed by atoms with Crippen LogP contribution in [0.15, 0.2) is 66.9 Å². The first kappa shape index (κ1) is 19.2. The first-order valence-electron chi connectivity index (χ1n) is 8.86. The molecule has 3 aromatic rings. The number of anilines is 2. The number of pyridine rings is 1. The number of benzene rings is 2. The van der Waals surface area contributed by atoms with Gasteiger partial charge in [0, 0.05) is 23.1 Å². The number of aromatic nitrogens is 1. The minimum absolute atomic E-state index is 0.0621. The number of nitrogens with zero attached hydrogens (tertiary/aromatic N) is 1. The van der Waals surface area contributed by atoms with Crippen molar-refractivity contribution in [1.82, 2.24) is 4.98 Å². The number of hydrogen-bond acceptors (Lipinski definition) is 3. The molecule has 0 fully saturated rings. The maximum absolute atomic E-state index is 13.2. The Bertz CT molecular complexity index is 1000. The van der Waals surface area contributed by atoms with Gasteiger partial charge in [-0.15, -0.1) is 0 Å². The minimum atomic E-state index is -0.526. The van der Waals surface area contributed by atoms with Crippen LogP contribution in [0.5, 0.6) is 0 Å². The molecule has 0 spiro atoms. The van der Waals surface area contributed by atoms with E-state index in [1.165, 1.54) is 42.1 Å². The van der Waals surface area contributed by atoms with Crippen LogP contribution in [-0.4, -0.2) is 16.8 Å². The second-order valence-electron chi connectivity index (χ2n) is 6.63. The van der Waals surface area contributed by atoms with E-state index in [-0.39, 0.29) is 11.6 Å². The van der Waals surface area contributed by atoms with Crippen LogP contribution in [0.4, 0.5) is 15.8 Å². The molecule has 1 aromatic heterocycles. The molecule has 1 heterocycles. The highest BCUT2D eigenvalue weighted by Gasteiger charge is 2.13. The zero-order valence-electron chi connectivity index (χ0n) is 15.6. The molecule has 0 bridgehead atoms. The molecule has 6 heteroatoms. The predicted molar refractivity (Wildman–Crippen MR) is 107 cm³/mol. The summed E-state index contributed by atoms with van der Waals surface area (Å²) in [5.74, 6) is -0.924. The lowest BCUT2D eigenvalue weighted by atomic mass is 10.0. The second-order valence-corrected chi connectivity index (χ2v) is 6.63. The standard InChI is InChI=1S/C22H20FN3O2/c1-14(2)15-6-8-18(9-7-15)25-21(27)16-10-11-24-20(12-16)22(28)26-19-5-3-4-17(23)13-19/h3-14H,1-2H3,(H,25,27)(H,26,28). The van der Waals surface area contributed by atoms with Gasteiger partial charge in [0.1, 0.15) is 11.5 Å². The number of halogens is 1. The molecule has 142 valence electrons. The molecule has 3 rings (SSSR count). The Morgan fingerprint density at radius 2 is 1.61 bits per heavy atom. The maximum atomic E-state index is 13.2. The number of carbonyl (C=O) groups is 2. The van der Waals surface area contributed by atoms with Crippen molar-refractivity contribution in [3.8, 4) is 0 Å². The van der Waals surface area contributed by atoms with Crippen LogP contribution in [-0.2, 0) is 0 Å². The lowest BCUT2D eigenvalue weighted by molar-refractivity contribution is 0.102. The Labute approximate surface area is 162 Å². The fourth-order valence-corrected chi connectivity index (χ4v) is 2.61. The normalized spacial score (nSPS) is 10.6. The van der Waals surface area contributed by atoms with Gasteiger partial charge >= 0.3 is 0 Å². The summed E-state index contributed by atoms with van der Waals surface area (Å²) in [5, 5.41) is 5.36. The molecule has 0 saturated heterocycles. The highest BCUT2D eigenvalue weighted by atomic mass is 19.1. The average Bonchev–Trinajstić information content (AvgIpc) is 2.68. The molecule has 0 aliphatic rings. The Morgan fingerprint density at radius 3 is 2.29 bits per heavy atom. The number of amides is 2. The van der Waals surface area contributed by atoms with Crippen LogP contribution in [0.25, 0.3) is 0 Å². The molecular weight excluding hydrogens is 357 g/mol. The van der Waals surface area contributed by atoms with Gasteiger partial charge in [-0.3, -0.25) is 14.6 Å². The summed E-state index contributed by atoms with van der Waals surface area (Å²) in [7, 11) is 0. The number of rotatable bonds is 5. The quantitative estimate of drug-likeness (QED) is 0.668. The number of nitrogens with one attached hydrogen (secondary N) is 2. The smallest absolute Gasteiger partial charge is 0.274 e. The van der Waals surface area contributed by atoms with Gasteiger partial charge in [0.2, 0.25) is 0 Å². The lowest BCUT2D eigenvalue weighted by Gasteiger charge is -2.09. The van der Waals surface area contributed by atoms with Crippen molar-refractivity contribution in [2.45, 2.75) is 19.8 Å². The van der Waals surface area contributed by atoms with Crippen LogP contribution >= 0.6 is 0 Å². The van der Waals surface area contributed by atoms with Crippen LogP contribution in [0.3, 0.4) is 0 Å². The molecule has 0 radical (unpaired) electrons. The highest BCUT2D eigenvalue weighted by molar-refractivity contribution is 6.07. The average molecular weight is 377 g/mol. The van der Waals surface area contributed by atoms with E-state index in [1.54, 1.807) is 6.07 Å². The van der Waals surface area contributed by atoms with Gasteiger partial charge in [-0.2, -0.15) is 0 Å². The second kappa shape index (κ2) is 8.43. The third-order valence-electron chi connectivity index (χ3n) is 4.17. The van der Waals surface area contributed by atoms with Crippen molar-refractivity contribution in [3.05, 3.63) is 89.5 Å². The predicted octanol–water partition coefficient (Wildman–Crippen LogP) is 4.85. The third kappa shape index (κ3) is 4.79. The topological polar surface area (TPSA) is 71.1 Å². The Kier molecular flexibility index (Phi) is 5.79. The van der Waals surface area contributed by atoms with E-state index in [2.05, 4.69) is 29.5 Å². The van der Waals surface area contributed by atoms with E-state index < -0.39 is 11.7 Å². The molecule has 2 amide bonds. The molecule has 28 heavy (non-hydrogen) atoms. The summed E-state index contributed by atoms with van der Waals surface area (Å²) in [6.07, 6.45) is 1.39.